The van der Waals surface area contributed by atoms with E-state index in [-0.39, 0.29) is 0 Å². The lowest BCUT2D eigenvalue weighted by atomic mass is 10.2. The average Bonchev–Trinajstić information content (AvgIpc) is 3.10. The van der Waals surface area contributed by atoms with Crippen LogP contribution in [0.3, 0.4) is 0 Å². The largest absolute Gasteiger partial charge is 0.351 e. The second-order valence-electron chi connectivity index (χ2n) is 4.51. The molecule has 1 aromatic carbocycles. The molecule has 0 bridgehead atoms. The van der Waals surface area contributed by atoms with E-state index >= 15 is 0 Å². The molecule has 4 heteroatoms. The molecule has 0 atom stereocenters. The van der Waals surface area contributed by atoms with Crippen molar-refractivity contribution in [3.63, 3.8) is 0 Å². The maximum Gasteiger partial charge on any atom is 0.0919 e. The maximum atomic E-state index is 3.78. The molecular weight excluding hydrogens is 260 g/mol. The van der Waals surface area contributed by atoms with Crippen molar-refractivity contribution in [2.24, 2.45) is 0 Å². The van der Waals surface area contributed by atoms with Crippen molar-refractivity contribution in [2.45, 2.75) is 6.54 Å². The number of hydrogen-bond donors (Lipinski definition) is 1. The molecule has 3 aromatic rings. The summed E-state index contributed by atoms with van der Waals surface area (Å²) in [5.74, 6) is 0. The first-order chi connectivity index (χ1) is 10.3. The van der Waals surface area contributed by atoms with Crippen molar-refractivity contribution in [3.8, 4) is 0 Å². The highest BCUT2D eigenvalue weighted by Crippen LogP contribution is 1.99. The minimum absolute atomic E-state index is 1.03. The van der Waals surface area contributed by atoms with Gasteiger partial charge in [0.05, 0.1) is 6.33 Å². The van der Waals surface area contributed by atoms with Crippen molar-refractivity contribution in [1.29, 1.82) is 0 Å². The van der Waals surface area contributed by atoms with Crippen LogP contribution in [0, 0.1) is 0 Å². The number of hydrogen-bond acceptors (Lipinski definition) is 3. The summed E-state index contributed by atoms with van der Waals surface area (Å²) in [6.07, 6.45) is 8.58. The van der Waals surface area contributed by atoms with Crippen LogP contribution in [0.25, 0.3) is 0 Å². The van der Waals surface area contributed by atoms with Gasteiger partial charge in [-0.15, -0.1) is 0 Å². The third-order valence-corrected chi connectivity index (χ3v) is 2.31. The zero-order valence-corrected chi connectivity index (χ0v) is 12.6. The smallest absolute Gasteiger partial charge is 0.0919 e. The third kappa shape index (κ3) is 10.0. The first kappa shape index (κ1) is 16.6. The Hall–Kier alpha value is -2.46. The second kappa shape index (κ2) is 11.4. The number of nitrogens with zero attached hydrogens (tertiary/aromatic N) is 3. The van der Waals surface area contributed by atoms with Gasteiger partial charge in [0.1, 0.15) is 0 Å². The van der Waals surface area contributed by atoms with E-state index in [1.54, 1.807) is 31.1 Å². The molecule has 0 spiro atoms. The highest BCUT2D eigenvalue weighted by Gasteiger charge is 1.90. The predicted octanol–water partition coefficient (Wildman–Crippen LogP) is 3.24. The highest BCUT2D eigenvalue weighted by atomic mass is 15.0. The van der Waals surface area contributed by atoms with Crippen LogP contribution in [0.5, 0.6) is 0 Å². The van der Waals surface area contributed by atoms with E-state index in [4.69, 9.17) is 0 Å². The monoisotopic (exact) mass is 282 g/mol. The van der Waals surface area contributed by atoms with Gasteiger partial charge in [-0.25, -0.2) is 4.98 Å². The number of aromatic nitrogens is 3. The van der Waals surface area contributed by atoms with Gasteiger partial charge in [0, 0.05) is 31.3 Å². The van der Waals surface area contributed by atoms with E-state index in [1.165, 1.54) is 5.56 Å². The van der Waals surface area contributed by atoms with Gasteiger partial charge in [-0.05, 0) is 31.8 Å². The minimum Gasteiger partial charge on any atom is -0.351 e. The van der Waals surface area contributed by atoms with Crippen LogP contribution in [-0.2, 0) is 6.54 Å². The lowest BCUT2D eigenvalue weighted by Gasteiger charge is -2.08. The molecule has 0 unspecified atom stereocenters. The zero-order chi connectivity index (χ0) is 15.2. The number of benzene rings is 1. The lowest BCUT2D eigenvalue weighted by Crippen LogP contribution is -2.10. The van der Waals surface area contributed by atoms with Gasteiger partial charge in [-0.3, -0.25) is 4.98 Å². The van der Waals surface area contributed by atoms with Crippen molar-refractivity contribution in [1.82, 2.24) is 19.9 Å². The van der Waals surface area contributed by atoms with Crippen molar-refractivity contribution < 1.29 is 0 Å². The van der Waals surface area contributed by atoms with E-state index in [2.05, 4.69) is 58.2 Å². The van der Waals surface area contributed by atoms with Crippen LogP contribution in [0.2, 0.25) is 0 Å². The predicted molar refractivity (Wildman–Crippen MR) is 86.7 cm³/mol. The van der Waals surface area contributed by atoms with Crippen LogP contribution >= 0.6 is 0 Å². The Morgan fingerprint density at radius 2 is 1.52 bits per heavy atom. The van der Waals surface area contributed by atoms with E-state index in [9.17, 15) is 0 Å². The Labute approximate surface area is 126 Å². The van der Waals surface area contributed by atoms with Crippen LogP contribution in [0.1, 0.15) is 5.56 Å². The number of H-pyrrole nitrogens is 1. The summed E-state index contributed by atoms with van der Waals surface area (Å²) >= 11 is 0. The van der Waals surface area contributed by atoms with Gasteiger partial charge in [-0.1, -0.05) is 36.4 Å². The fourth-order valence-corrected chi connectivity index (χ4v) is 1.48. The molecule has 0 saturated heterocycles. The molecule has 2 aromatic heterocycles. The van der Waals surface area contributed by atoms with Crippen LogP contribution in [0.15, 0.2) is 79.6 Å². The van der Waals surface area contributed by atoms with E-state index < -0.39 is 0 Å². The second-order valence-corrected chi connectivity index (χ2v) is 4.51. The molecule has 0 radical (unpaired) electrons. The Balaban J connectivity index is 0.000000170. The molecule has 0 aliphatic rings. The van der Waals surface area contributed by atoms with E-state index in [0.29, 0.717) is 0 Å². The van der Waals surface area contributed by atoms with Crippen LogP contribution < -0.4 is 0 Å². The molecule has 0 amide bonds. The number of aromatic amines is 1. The first-order valence-electron chi connectivity index (χ1n) is 6.75. The summed E-state index contributed by atoms with van der Waals surface area (Å²) in [7, 11) is 4.15. The van der Waals surface area contributed by atoms with Gasteiger partial charge in [-0.2, -0.15) is 0 Å². The maximum absolute atomic E-state index is 3.78. The molecule has 2 heterocycles. The van der Waals surface area contributed by atoms with Gasteiger partial charge in [0.25, 0.3) is 0 Å². The molecule has 4 nitrogen and oxygen atoms in total. The number of imidazole rings is 1. The highest BCUT2D eigenvalue weighted by molar-refractivity contribution is 5.14. The molecule has 3 rings (SSSR count). The standard InChI is InChI=1S/C9H13N.C5H5N.C3H4N2/c1-10(2)8-9-6-4-3-5-7-9;1-2-4-6-5-3-1;1-2-5-3-4-1/h3-7H,8H2,1-2H3;1-5H;1-3H,(H,4,5). The minimum atomic E-state index is 1.03. The summed E-state index contributed by atoms with van der Waals surface area (Å²) in [5.41, 5.74) is 1.37. The quantitative estimate of drug-likeness (QED) is 0.785. The van der Waals surface area contributed by atoms with E-state index in [0.717, 1.165) is 6.54 Å². The number of pyridine rings is 1. The van der Waals surface area contributed by atoms with Gasteiger partial charge in [0.2, 0.25) is 0 Å². The average molecular weight is 282 g/mol. The Bertz CT molecular complexity index is 477. The first-order valence-corrected chi connectivity index (χ1v) is 6.75. The third-order valence-electron chi connectivity index (χ3n) is 2.31. The topological polar surface area (TPSA) is 44.8 Å². The zero-order valence-electron chi connectivity index (χ0n) is 12.6. The van der Waals surface area contributed by atoms with Gasteiger partial charge >= 0.3 is 0 Å². The molecule has 0 aliphatic carbocycles. The van der Waals surface area contributed by atoms with Crippen LogP contribution in [0.4, 0.5) is 0 Å². The van der Waals surface area contributed by atoms with Crippen molar-refractivity contribution in [3.05, 3.63) is 85.2 Å². The molecule has 0 aliphatic heterocycles. The molecule has 1 N–H and O–H groups in total. The molecule has 21 heavy (non-hydrogen) atoms. The Morgan fingerprint density at radius 3 is 1.86 bits per heavy atom. The fourth-order valence-electron chi connectivity index (χ4n) is 1.48. The lowest BCUT2D eigenvalue weighted by molar-refractivity contribution is 0.402. The van der Waals surface area contributed by atoms with Gasteiger partial charge < -0.3 is 9.88 Å². The summed E-state index contributed by atoms with van der Waals surface area (Å²) in [6.45, 7) is 1.03. The summed E-state index contributed by atoms with van der Waals surface area (Å²) in [4.78, 5) is 12.4. The molecule has 110 valence electrons. The summed E-state index contributed by atoms with van der Waals surface area (Å²) < 4.78 is 0. The van der Waals surface area contributed by atoms with E-state index in [1.807, 2.05) is 24.3 Å². The number of rotatable bonds is 2. The summed E-state index contributed by atoms with van der Waals surface area (Å²) in [6, 6.07) is 16.2. The van der Waals surface area contributed by atoms with Crippen LogP contribution in [-0.4, -0.2) is 33.9 Å². The SMILES string of the molecule is CN(C)Cc1ccccc1.c1c[nH]cn1.c1ccncc1. The van der Waals surface area contributed by atoms with Crippen molar-refractivity contribution in [2.75, 3.05) is 14.1 Å². The molecule has 0 fully saturated rings. The Morgan fingerprint density at radius 1 is 0.857 bits per heavy atom. The normalized spacial score (nSPS) is 9.10. The fraction of sp³-hybridized carbons (Fsp3) is 0.176. The van der Waals surface area contributed by atoms with Gasteiger partial charge in [0.15, 0.2) is 0 Å². The molecule has 0 saturated carbocycles. The number of nitrogens with one attached hydrogen (secondary N) is 1. The summed E-state index contributed by atoms with van der Waals surface area (Å²) in [5, 5.41) is 0. The van der Waals surface area contributed by atoms with Crippen molar-refractivity contribution >= 4 is 0 Å². The molecular formula is C17H22N4. The Kier molecular flexibility index (Phi) is 8.99.